The molecular formula is C17H27N3O. The third kappa shape index (κ3) is 4.74. The fraction of sp³-hybridized carbons (Fsp3) is 0.588. The van der Waals surface area contributed by atoms with E-state index in [1.807, 2.05) is 25.1 Å². The number of rotatable bonds is 6. The molecule has 0 atom stereocenters. The molecule has 0 heterocycles. The molecule has 4 nitrogen and oxygen atoms in total. The van der Waals surface area contributed by atoms with Crippen LogP contribution in [0.2, 0.25) is 0 Å². The minimum Gasteiger partial charge on any atom is -0.398 e. The monoisotopic (exact) mass is 289 g/mol. The van der Waals surface area contributed by atoms with E-state index in [0.29, 0.717) is 12.1 Å². The number of hydrogen-bond acceptors (Lipinski definition) is 3. The first-order valence-corrected chi connectivity index (χ1v) is 7.89. The summed E-state index contributed by atoms with van der Waals surface area (Å²) in [6.07, 6.45) is 5.96. The SMILES string of the molecule is Cc1c(N)cccc1NC(=O)CCN(C)CC1CCCC1. The molecule has 1 amide bonds. The highest BCUT2D eigenvalue weighted by Crippen LogP contribution is 2.25. The number of nitrogens with two attached hydrogens (primary N) is 1. The van der Waals surface area contributed by atoms with Crippen LogP contribution in [0.15, 0.2) is 18.2 Å². The van der Waals surface area contributed by atoms with E-state index in [-0.39, 0.29) is 5.91 Å². The van der Waals surface area contributed by atoms with Crippen molar-refractivity contribution in [3.63, 3.8) is 0 Å². The molecule has 0 aromatic heterocycles. The van der Waals surface area contributed by atoms with Crippen molar-refractivity contribution in [3.05, 3.63) is 23.8 Å². The average Bonchev–Trinajstić information content (AvgIpc) is 2.94. The van der Waals surface area contributed by atoms with E-state index in [4.69, 9.17) is 5.73 Å². The summed E-state index contributed by atoms with van der Waals surface area (Å²) in [5.41, 5.74) is 8.32. The van der Waals surface area contributed by atoms with Crippen molar-refractivity contribution < 1.29 is 4.79 Å². The molecule has 1 aromatic carbocycles. The van der Waals surface area contributed by atoms with Crippen LogP contribution in [0.5, 0.6) is 0 Å². The van der Waals surface area contributed by atoms with Gasteiger partial charge < -0.3 is 16.0 Å². The highest BCUT2D eigenvalue weighted by Gasteiger charge is 2.17. The van der Waals surface area contributed by atoms with Crippen LogP contribution in [0.1, 0.15) is 37.7 Å². The van der Waals surface area contributed by atoms with Crippen LogP contribution in [-0.4, -0.2) is 30.9 Å². The van der Waals surface area contributed by atoms with E-state index in [2.05, 4.69) is 17.3 Å². The zero-order valence-corrected chi connectivity index (χ0v) is 13.2. The lowest BCUT2D eigenvalue weighted by atomic mass is 10.1. The molecule has 1 saturated carbocycles. The Balaban J connectivity index is 1.75. The number of nitrogens with zero attached hydrogens (tertiary/aromatic N) is 1. The zero-order valence-electron chi connectivity index (χ0n) is 13.2. The number of amides is 1. The lowest BCUT2D eigenvalue weighted by Gasteiger charge is -2.20. The lowest BCUT2D eigenvalue weighted by molar-refractivity contribution is -0.116. The van der Waals surface area contributed by atoms with E-state index in [1.165, 1.54) is 25.7 Å². The Hall–Kier alpha value is -1.55. The van der Waals surface area contributed by atoms with Gasteiger partial charge in [0.2, 0.25) is 5.91 Å². The van der Waals surface area contributed by atoms with E-state index in [0.717, 1.165) is 30.3 Å². The summed E-state index contributed by atoms with van der Waals surface area (Å²) < 4.78 is 0. The fourth-order valence-corrected chi connectivity index (χ4v) is 3.02. The van der Waals surface area contributed by atoms with Crippen molar-refractivity contribution in [2.45, 2.75) is 39.0 Å². The Labute approximate surface area is 127 Å². The molecule has 1 aliphatic rings. The number of anilines is 2. The van der Waals surface area contributed by atoms with Gasteiger partial charge in [-0.05, 0) is 50.4 Å². The van der Waals surface area contributed by atoms with E-state index in [1.54, 1.807) is 0 Å². The summed E-state index contributed by atoms with van der Waals surface area (Å²) in [6.45, 7) is 3.85. The maximum absolute atomic E-state index is 12.0. The average molecular weight is 289 g/mol. The van der Waals surface area contributed by atoms with Gasteiger partial charge in [0, 0.05) is 30.9 Å². The molecule has 21 heavy (non-hydrogen) atoms. The number of nitrogens with one attached hydrogen (secondary N) is 1. The second-order valence-electron chi connectivity index (χ2n) is 6.23. The topological polar surface area (TPSA) is 58.4 Å². The summed E-state index contributed by atoms with van der Waals surface area (Å²) in [5, 5.41) is 2.95. The van der Waals surface area contributed by atoms with Gasteiger partial charge in [0.25, 0.3) is 0 Å². The van der Waals surface area contributed by atoms with Gasteiger partial charge in [0.1, 0.15) is 0 Å². The third-order valence-corrected chi connectivity index (χ3v) is 4.41. The van der Waals surface area contributed by atoms with Crippen molar-refractivity contribution in [1.29, 1.82) is 0 Å². The van der Waals surface area contributed by atoms with Crippen LogP contribution in [0.25, 0.3) is 0 Å². The van der Waals surface area contributed by atoms with Crippen LogP contribution < -0.4 is 11.1 Å². The standard InChI is InChI=1S/C17H27N3O/c1-13-15(18)8-5-9-16(13)19-17(21)10-11-20(2)12-14-6-3-4-7-14/h5,8-9,14H,3-4,6-7,10-12,18H2,1-2H3,(H,19,21). The Kier molecular flexibility index (Phi) is 5.62. The van der Waals surface area contributed by atoms with Crippen molar-refractivity contribution in [2.75, 3.05) is 31.2 Å². The third-order valence-electron chi connectivity index (χ3n) is 4.41. The summed E-state index contributed by atoms with van der Waals surface area (Å²) in [6, 6.07) is 5.61. The van der Waals surface area contributed by atoms with Gasteiger partial charge in [0.05, 0.1) is 0 Å². The predicted octanol–water partition coefficient (Wildman–Crippen LogP) is 3.03. The molecule has 4 heteroatoms. The first kappa shape index (κ1) is 15.8. The Morgan fingerprint density at radius 2 is 2.10 bits per heavy atom. The number of benzene rings is 1. The molecule has 1 fully saturated rings. The maximum Gasteiger partial charge on any atom is 0.225 e. The molecule has 1 aliphatic carbocycles. The van der Waals surface area contributed by atoms with Crippen molar-refractivity contribution >= 4 is 17.3 Å². The van der Waals surface area contributed by atoms with Crippen LogP contribution in [0, 0.1) is 12.8 Å². The Bertz CT molecular complexity index is 481. The van der Waals surface area contributed by atoms with Crippen LogP contribution in [-0.2, 0) is 4.79 Å². The van der Waals surface area contributed by atoms with E-state index in [9.17, 15) is 4.79 Å². The largest absolute Gasteiger partial charge is 0.398 e. The van der Waals surface area contributed by atoms with Crippen molar-refractivity contribution in [3.8, 4) is 0 Å². The maximum atomic E-state index is 12.0. The van der Waals surface area contributed by atoms with Gasteiger partial charge in [0.15, 0.2) is 0 Å². The van der Waals surface area contributed by atoms with Gasteiger partial charge in [-0.15, -0.1) is 0 Å². The quantitative estimate of drug-likeness (QED) is 0.791. The molecule has 2 rings (SSSR count). The van der Waals surface area contributed by atoms with Crippen molar-refractivity contribution in [2.24, 2.45) is 5.92 Å². The number of carbonyl (C=O) groups is 1. The lowest BCUT2D eigenvalue weighted by Crippen LogP contribution is -2.28. The molecule has 3 N–H and O–H groups in total. The highest BCUT2D eigenvalue weighted by molar-refractivity contribution is 5.92. The van der Waals surface area contributed by atoms with Crippen molar-refractivity contribution in [1.82, 2.24) is 4.90 Å². The number of hydrogen-bond donors (Lipinski definition) is 2. The molecule has 0 radical (unpaired) electrons. The van der Waals surface area contributed by atoms with Crippen LogP contribution in [0.3, 0.4) is 0 Å². The van der Waals surface area contributed by atoms with Gasteiger partial charge in [-0.3, -0.25) is 4.79 Å². The minimum atomic E-state index is 0.0574. The number of carbonyl (C=O) groups excluding carboxylic acids is 1. The second-order valence-corrected chi connectivity index (χ2v) is 6.23. The first-order valence-electron chi connectivity index (χ1n) is 7.89. The first-order chi connectivity index (χ1) is 10.1. The van der Waals surface area contributed by atoms with Crippen LogP contribution >= 0.6 is 0 Å². The molecule has 1 aromatic rings. The normalized spacial score (nSPS) is 15.6. The van der Waals surface area contributed by atoms with E-state index >= 15 is 0 Å². The minimum absolute atomic E-state index is 0.0574. The summed E-state index contributed by atoms with van der Waals surface area (Å²) in [7, 11) is 2.11. The Morgan fingerprint density at radius 3 is 2.81 bits per heavy atom. The Morgan fingerprint density at radius 1 is 1.38 bits per heavy atom. The summed E-state index contributed by atoms with van der Waals surface area (Å²) in [4.78, 5) is 14.3. The fourth-order valence-electron chi connectivity index (χ4n) is 3.02. The molecule has 0 saturated heterocycles. The molecule has 0 spiro atoms. The smallest absolute Gasteiger partial charge is 0.225 e. The van der Waals surface area contributed by atoms with Gasteiger partial charge in [-0.25, -0.2) is 0 Å². The summed E-state index contributed by atoms with van der Waals surface area (Å²) in [5.74, 6) is 0.885. The second kappa shape index (κ2) is 7.46. The summed E-state index contributed by atoms with van der Waals surface area (Å²) >= 11 is 0. The molecule has 116 valence electrons. The molecular weight excluding hydrogens is 262 g/mol. The zero-order chi connectivity index (χ0) is 15.2. The van der Waals surface area contributed by atoms with Gasteiger partial charge >= 0.3 is 0 Å². The van der Waals surface area contributed by atoms with Crippen LogP contribution in [0.4, 0.5) is 11.4 Å². The van der Waals surface area contributed by atoms with Gasteiger partial charge in [-0.1, -0.05) is 18.9 Å². The number of nitrogen functional groups attached to an aromatic ring is 1. The molecule has 0 aliphatic heterocycles. The molecule has 0 bridgehead atoms. The predicted molar refractivity (Wildman–Crippen MR) is 88.3 cm³/mol. The van der Waals surface area contributed by atoms with Gasteiger partial charge in [-0.2, -0.15) is 0 Å². The van der Waals surface area contributed by atoms with E-state index < -0.39 is 0 Å². The molecule has 0 unspecified atom stereocenters. The highest BCUT2D eigenvalue weighted by atomic mass is 16.1.